The Hall–Kier alpha value is -2.92. The molecule has 1 aliphatic heterocycles. The Morgan fingerprint density at radius 1 is 1.22 bits per heavy atom. The maximum Gasteiger partial charge on any atom is 0.251 e. The Bertz CT molecular complexity index is 1040. The Labute approximate surface area is 157 Å². The molecule has 1 aliphatic carbocycles. The highest BCUT2D eigenvalue weighted by Crippen LogP contribution is 2.49. The van der Waals surface area contributed by atoms with Crippen molar-refractivity contribution in [2.75, 3.05) is 7.05 Å². The number of carbonyl (C=O) groups excluding carboxylic acids is 1. The second-order valence-corrected chi connectivity index (χ2v) is 7.36. The monoisotopic (exact) mass is 359 g/mol. The minimum atomic E-state index is -0.570. The number of nitrogens with zero attached hydrogens (tertiary/aromatic N) is 2. The number of imidazole rings is 1. The summed E-state index contributed by atoms with van der Waals surface area (Å²) in [7, 11) is 1.63. The van der Waals surface area contributed by atoms with Crippen molar-refractivity contribution in [2.24, 2.45) is 5.92 Å². The molecule has 0 bridgehead atoms. The van der Waals surface area contributed by atoms with Gasteiger partial charge < -0.3 is 15.0 Å². The van der Waals surface area contributed by atoms with Crippen LogP contribution in [0.25, 0.3) is 11.3 Å². The van der Waals surface area contributed by atoms with Crippen molar-refractivity contribution in [2.45, 2.75) is 25.0 Å². The summed E-state index contributed by atoms with van der Waals surface area (Å²) in [5, 5.41) is 13.9. The lowest BCUT2D eigenvalue weighted by atomic mass is 9.75. The lowest BCUT2D eigenvalue weighted by Crippen LogP contribution is -2.29. The highest BCUT2D eigenvalue weighted by atomic mass is 16.3. The molecule has 0 fully saturated rings. The van der Waals surface area contributed by atoms with E-state index in [2.05, 4.69) is 33.1 Å². The van der Waals surface area contributed by atoms with E-state index in [0.717, 1.165) is 29.7 Å². The first-order valence-electron chi connectivity index (χ1n) is 9.33. The van der Waals surface area contributed by atoms with Crippen molar-refractivity contribution in [1.29, 1.82) is 0 Å². The number of fused-ring (bicyclic) bond motifs is 4. The second-order valence-electron chi connectivity index (χ2n) is 7.36. The average Bonchev–Trinajstić information content (AvgIpc) is 3.29. The summed E-state index contributed by atoms with van der Waals surface area (Å²) in [6.07, 6.45) is 4.92. The van der Waals surface area contributed by atoms with E-state index in [0.29, 0.717) is 5.56 Å². The predicted octanol–water partition coefficient (Wildman–Crippen LogP) is 3.11. The molecule has 5 nitrogen and oxygen atoms in total. The molecular weight excluding hydrogens is 338 g/mol. The number of hydrogen-bond acceptors (Lipinski definition) is 3. The summed E-state index contributed by atoms with van der Waals surface area (Å²) in [5.41, 5.74) is 6.22. The summed E-state index contributed by atoms with van der Waals surface area (Å²) >= 11 is 0. The third-order valence-electron chi connectivity index (χ3n) is 6.03. The normalized spacial score (nSPS) is 22.7. The van der Waals surface area contributed by atoms with E-state index < -0.39 is 6.10 Å². The van der Waals surface area contributed by atoms with Gasteiger partial charge >= 0.3 is 0 Å². The molecule has 5 heteroatoms. The molecule has 1 amide bonds. The molecule has 3 aromatic rings. The molecule has 0 spiro atoms. The number of benzene rings is 2. The van der Waals surface area contributed by atoms with Crippen molar-refractivity contribution >= 4 is 5.91 Å². The van der Waals surface area contributed by atoms with Gasteiger partial charge in [-0.2, -0.15) is 0 Å². The number of aliphatic hydroxyl groups excluding tert-OH is 1. The van der Waals surface area contributed by atoms with Crippen LogP contribution in [0.15, 0.2) is 55.0 Å². The van der Waals surface area contributed by atoms with Crippen molar-refractivity contribution < 1.29 is 9.90 Å². The smallest absolute Gasteiger partial charge is 0.251 e. The van der Waals surface area contributed by atoms with Crippen molar-refractivity contribution in [3.8, 4) is 11.3 Å². The summed E-state index contributed by atoms with van der Waals surface area (Å²) in [6, 6.07) is 14.1. The van der Waals surface area contributed by atoms with Gasteiger partial charge in [-0.05, 0) is 41.7 Å². The standard InChI is InChI=1S/C22H21N3O2/c1-23-22(27)14-7-8-15-13(10-14)6-9-18(21(15)26)20-17-5-3-2-4-16(17)19-11-24-12-25(19)20/h2-5,7-8,10-12,18,20-21,26H,6,9H2,1H3,(H,23,27)/t18-,20?,21+/m1/s1. The summed E-state index contributed by atoms with van der Waals surface area (Å²) in [4.78, 5) is 16.2. The van der Waals surface area contributed by atoms with E-state index in [1.807, 2.05) is 30.7 Å². The molecule has 0 saturated carbocycles. The van der Waals surface area contributed by atoms with Crippen LogP contribution in [0.5, 0.6) is 0 Å². The summed E-state index contributed by atoms with van der Waals surface area (Å²) in [5.74, 6) is -0.0258. The number of amides is 1. The van der Waals surface area contributed by atoms with E-state index >= 15 is 0 Å². The van der Waals surface area contributed by atoms with Gasteiger partial charge in [0.2, 0.25) is 0 Å². The molecule has 2 N–H and O–H groups in total. The Kier molecular flexibility index (Phi) is 3.65. The molecule has 3 atom stereocenters. The average molecular weight is 359 g/mol. The maximum absolute atomic E-state index is 11.9. The predicted molar refractivity (Wildman–Crippen MR) is 102 cm³/mol. The molecular formula is C22H21N3O2. The highest BCUT2D eigenvalue weighted by molar-refractivity contribution is 5.94. The van der Waals surface area contributed by atoms with Crippen LogP contribution >= 0.6 is 0 Å². The minimum Gasteiger partial charge on any atom is -0.388 e. The van der Waals surface area contributed by atoms with Crippen molar-refractivity contribution in [3.63, 3.8) is 0 Å². The van der Waals surface area contributed by atoms with Gasteiger partial charge in [-0.15, -0.1) is 0 Å². The molecule has 0 radical (unpaired) electrons. The van der Waals surface area contributed by atoms with Crippen molar-refractivity contribution in [3.05, 3.63) is 77.2 Å². The molecule has 5 rings (SSSR count). The summed E-state index contributed by atoms with van der Waals surface area (Å²) < 4.78 is 2.20. The maximum atomic E-state index is 11.9. The van der Waals surface area contributed by atoms with Crippen LogP contribution < -0.4 is 5.32 Å². The number of carbonyl (C=O) groups is 1. The van der Waals surface area contributed by atoms with Gasteiger partial charge in [0.1, 0.15) is 0 Å². The Balaban J connectivity index is 1.54. The number of nitrogens with one attached hydrogen (secondary N) is 1. The molecule has 27 heavy (non-hydrogen) atoms. The van der Waals surface area contributed by atoms with Gasteiger partial charge in [0.25, 0.3) is 5.91 Å². The molecule has 2 aliphatic rings. The van der Waals surface area contributed by atoms with Crippen LogP contribution in [0.3, 0.4) is 0 Å². The van der Waals surface area contributed by atoms with E-state index in [-0.39, 0.29) is 17.9 Å². The third-order valence-corrected chi connectivity index (χ3v) is 6.03. The molecule has 1 unspecified atom stereocenters. The largest absolute Gasteiger partial charge is 0.388 e. The zero-order valence-corrected chi connectivity index (χ0v) is 15.1. The lowest BCUT2D eigenvalue weighted by molar-refractivity contribution is 0.0719. The summed E-state index contributed by atoms with van der Waals surface area (Å²) in [6.45, 7) is 0. The molecule has 1 aromatic heterocycles. The van der Waals surface area contributed by atoms with Gasteiger partial charge in [-0.1, -0.05) is 30.3 Å². The fourth-order valence-corrected chi connectivity index (χ4v) is 4.75. The Morgan fingerprint density at radius 3 is 2.93 bits per heavy atom. The first-order chi connectivity index (χ1) is 13.2. The fourth-order valence-electron chi connectivity index (χ4n) is 4.75. The van der Waals surface area contributed by atoms with Gasteiger partial charge in [0.15, 0.2) is 0 Å². The lowest BCUT2D eigenvalue weighted by Gasteiger charge is -2.35. The van der Waals surface area contributed by atoms with E-state index in [1.165, 1.54) is 11.1 Å². The molecule has 0 saturated heterocycles. The van der Waals surface area contributed by atoms with Gasteiger partial charge in [0, 0.05) is 24.1 Å². The molecule has 2 heterocycles. The number of aliphatic hydroxyl groups is 1. The van der Waals surface area contributed by atoms with Crippen LogP contribution in [0.1, 0.15) is 45.6 Å². The second kappa shape index (κ2) is 6.06. The number of hydrogen-bond donors (Lipinski definition) is 2. The van der Waals surface area contributed by atoms with Crippen LogP contribution in [-0.2, 0) is 6.42 Å². The third kappa shape index (κ3) is 2.35. The van der Waals surface area contributed by atoms with Gasteiger partial charge in [0.05, 0.1) is 30.4 Å². The Morgan fingerprint density at radius 2 is 2.07 bits per heavy atom. The topological polar surface area (TPSA) is 67.2 Å². The van der Waals surface area contributed by atoms with Gasteiger partial charge in [-0.25, -0.2) is 4.98 Å². The van der Waals surface area contributed by atoms with E-state index in [9.17, 15) is 9.90 Å². The molecule has 2 aromatic carbocycles. The zero-order valence-electron chi connectivity index (χ0n) is 15.1. The number of aryl methyl sites for hydroxylation is 1. The SMILES string of the molecule is CNC(=O)c1ccc2c(c1)CC[C@H](C1c3ccccc3-c3cncn31)[C@H]2O. The quantitative estimate of drug-likeness (QED) is 0.739. The van der Waals surface area contributed by atoms with Crippen LogP contribution in [0.2, 0.25) is 0 Å². The van der Waals surface area contributed by atoms with Gasteiger partial charge in [-0.3, -0.25) is 4.79 Å². The highest BCUT2D eigenvalue weighted by Gasteiger charge is 2.40. The van der Waals surface area contributed by atoms with E-state index in [4.69, 9.17) is 0 Å². The van der Waals surface area contributed by atoms with Crippen LogP contribution in [0.4, 0.5) is 0 Å². The zero-order chi connectivity index (χ0) is 18.5. The first kappa shape index (κ1) is 16.3. The number of aromatic nitrogens is 2. The number of rotatable bonds is 2. The van der Waals surface area contributed by atoms with Crippen LogP contribution in [0, 0.1) is 5.92 Å². The molecule has 136 valence electrons. The first-order valence-corrected chi connectivity index (χ1v) is 9.33. The van der Waals surface area contributed by atoms with Crippen LogP contribution in [-0.4, -0.2) is 27.6 Å². The fraction of sp³-hybridized carbons (Fsp3) is 0.273. The minimum absolute atomic E-state index is 0.0694. The van der Waals surface area contributed by atoms with Crippen molar-refractivity contribution in [1.82, 2.24) is 14.9 Å². The van der Waals surface area contributed by atoms with E-state index in [1.54, 1.807) is 13.1 Å².